The molecule has 0 aliphatic carbocycles. The number of hydrogen-bond donors (Lipinski definition) is 5. The van der Waals surface area contributed by atoms with Gasteiger partial charge in [-0.2, -0.15) is 0 Å². The summed E-state index contributed by atoms with van der Waals surface area (Å²) in [5, 5.41) is 32.6. The molecule has 8 heteroatoms. The van der Waals surface area contributed by atoms with Crippen LogP contribution in [0, 0.1) is 0 Å². The predicted molar refractivity (Wildman–Crippen MR) is 34.0 cm³/mol. The van der Waals surface area contributed by atoms with E-state index in [1.807, 2.05) is 0 Å². The number of rotatable bonds is 4. The first-order valence-electron chi connectivity index (χ1n) is 2.76. The van der Waals surface area contributed by atoms with Crippen LogP contribution in [0.1, 0.15) is 0 Å². The normalized spacial score (nSPS) is 14.5. The Morgan fingerprint density at radius 2 is 2.00 bits per heavy atom. The average Bonchev–Trinajstić information content (AvgIpc) is 1.80. The van der Waals surface area contributed by atoms with Gasteiger partial charge in [0.05, 0.1) is 0 Å². The van der Waals surface area contributed by atoms with Crippen LogP contribution in [0.2, 0.25) is 0 Å². The molecule has 0 aromatic rings. The zero-order valence-corrected chi connectivity index (χ0v) is 5.54. The van der Waals surface area contributed by atoms with Crippen LogP contribution in [0.3, 0.4) is 0 Å². The van der Waals surface area contributed by atoms with Crippen molar-refractivity contribution in [2.24, 2.45) is 5.73 Å². The molecule has 0 saturated carbocycles. The van der Waals surface area contributed by atoms with Crippen LogP contribution < -0.4 is 5.73 Å². The first kappa shape index (κ1) is 10.3. The standard InChI is InChI=1S/C3H9BNO6/c5-2(3(6)7)1-11-4(8,9)10/h2,8-10H,1,5H2,(H,6,7)/q-1/t2-/m0/s1. The van der Waals surface area contributed by atoms with E-state index in [1.165, 1.54) is 0 Å². The lowest BCUT2D eigenvalue weighted by molar-refractivity contribution is -0.139. The second kappa shape index (κ2) is 3.65. The van der Waals surface area contributed by atoms with E-state index >= 15 is 0 Å². The summed E-state index contributed by atoms with van der Waals surface area (Å²) in [5.74, 6) is -1.36. The molecule has 0 spiro atoms. The van der Waals surface area contributed by atoms with Gasteiger partial charge < -0.3 is 30.6 Å². The smallest absolute Gasteiger partial charge is 0.524 e. The molecule has 0 heterocycles. The fraction of sp³-hybridized carbons (Fsp3) is 0.667. The Morgan fingerprint density at radius 3 is 2.27 bits per heavy atom. The van der Waals surface area contributed by atoms with E-state index in [-0.39, 0.29) is 0 Å². The highest BCUT2D eigenvalue weighted by Gasteiger charge is 2.20. The van der Waals surface area contributed by atoms with Crippen molar-refractivity contribution in [3.05, 3.63) is 0 Å². The van der Waals surface area contributed by atoms with E-state index in [1.54, 1.807) is 0 Å². The summed E-state index contributed by atoms with van der Waals surface area (Å²) in [6, 6.07) is -1.39. The largest absolute Gasteiger partial charge is 0.534 e. The van der Waals surface area contributed by atoms with Gasteiger partial charge in [-0.15, -0.1) is 0 Å². The molecule has 11 heavy (non-hydrogen) atoms. The fourth-order valence-electron chi connectivity index (χ4n) is 0.304. The summed E-state index contributed by atoms with van der Waals surface area (Å²) in [6.07, 6.45) is 0. The second-order valence-electron chi connectivity index (χ2n) is 1.94. The second-order valence-corrected chi connectivity index (χ2v) is 1.94. The van der Waals surface area contributed by atoms with Crippen LogP contribution >= 0.6 is 0 Å². The molecule has 0 aliphatic heterocycles. The molecular formula is C3H9BNO6-. The molecule has 6 N–H and O–H groups in total. The highest BCUT2D eigenvalue weighted by Crippen LogP contribution is 1.90. The Bertz CT molecular complexity index is 143. The van der Waals surface area contributed by atoms with Crippen LogP contribution in [0.15, 0.2) is 0 Å². The number of aliphatic carboxylic acids is 1. The Balaban J connectivity index is 3.63. The van der Waals surface area contributed by atoms with E-state index in [2.05, 4.69) is 4.65 Å². The SMILES string of the molecule is N[C@@H](CO[B-](O)(O)O)C(=O)O. The van der Waals surface area contributed by atoms with Gasteiger partial charge in [0, 0.05) is 6.61 Å². The average molecular weight is 166 g/mol. The van der Waals surface area contributed by atoms with Gasteiger partial charge in [-0.05, 0) is 0 Å². The molecule has 66 valence electrons. The Kier molecular flexibility index (Phi) is 3.43. The summed E-state index contributed by atoms with van der Waals surface area (Å²) in [6.45, 7) is -4.57. The minimum absolute atomic E-state index is 0.668. The maximum Gasteiger partial charge on any atom is 0.524 e. The topological polar surface area (TPSA) is 133 Å². The van der Waals surface area contributed by atoms with Crippen molar-refractivity contribution in [3.8, 4) is 0 Å². The van der Waals surface area contributed by atoms with Crippen molar-refractivity contribution in [3.63, 3.8) is 0 Å². The fourth-order valence-corrected chi connectivity index (χ4v) is 0.304. The maximum atomic E-state index is 9.97. The van der Waals surface area contributed by atoms with Crippen molar-refractivity contribution in [2.75, 3.05) is 6.61 Å². The molecule has 0 aromatic heterocycles. The van der Waals surface area contributed by atoms with Gasteiger partial charge in [-0.1, -0.05) is 0 Å². The molecule has 0 aliphatic rings. The number of carboxylic acid groups (broad SMARTS) is 1. The van der Waals surface area contributed by atoms with Gasteiger partial charge in [0.25, 0.3) is 0 Å². The summed E-state index contributed by atoms with van der Waals surface area (Å²) in [7, 11) is 0. The first-order chi connectivity index (χ1) is 4.83. The molecule has 0 fully saturated rings. The molecule has 0 bridgehead atoms. The molecule has 0 unspecified atom stereocenters. The lowest BCUT2D eigenvalue weighted by Gasteiger charge is -2.23. The van der Waals surface area contributed by atoms with Crippen LogP contribution in [0.5, 0.6) is 0 Å². The van der Waals surface area contributed by atoms with Crippen LogP contribution in [-0.4, -0.2) is 45.8 Å². The van der Waals surface area contributed by atoms with Gasteiger partial charge in [0.2, 0.25) is 0 Å². The Labute approximate surface area is 62.1 Å². The summed E-state index contributed by atoms with van der Waals surface area (Å²) in [4.78, 5) is 9.97. The molecule has 7 nitrogen and oxygen atoms in total. The molecule has 0 amide bonds. The van der Waals surface area contributed by atoms with Crippen LogP contribution in [0.25, 0.3) is 0 Å². The third-order valence-corrected chi connectivity index (χ3v) is 0.817. The minimum Gasteiger partial charge on any atom is -0.534 e. The van der Waals surface area contributed by atoms with Crippen molar-refractivity contribution >= 4 is 12.9 Å². The van der Waals surface area contributed by atoms with Gasteiger partial charge in [-0.25, -0.2) is 0 Å². The lowest BCUT2D eigenvalue weighted by Crippen LogP contribution is -2.45. The number of nitrogens with two attached hydrogens (primary N) is 1. The van der Waals surface area contributed by atoms with E-state index in [9.17, 15) is 4.79 Å². The predicted octanol–water partition coefficient (Wildman–Crippen LogP) is -3.17. The molecule has 0 radical (unpaired) electrons. The molecular weight excluding hydrogens is 157 g/mol. The summed E-state index contributed by atoms with van der Waals surface area (Å²) in [5.41, 5.74) is 4.88. The quantitative estimate of drug-likeness (QED) is 0.278. The number of carboxylic acids is 1. The Hall–Kier alpha value is -0.665. The molecule has 0 aromatic carbocycles. The summed E-state index contributed by atoms with van der Waals surface area (Å²) < 4.78 is 3.88. The van der Waals surface area contributed by atoms with E-state index in [0.29, 0.717) is 0 Å². The zero-order valence-electron chi connectivity index (χ0n) is 5.54. The maximum absolute atomic E-state index is 9.97. The molecule has 1 atom stereocenters. The highest BCUT2D eigenvalue weighted by molar-refractivity contribution is 6.48. The van der Waals surface area contributed by atoms with Crippen molar-refractivity contribution < 1.29 is 29.6 Å². The van der Waals surface area contributed by atoms with E-state index < -0.39 is 25.6 Å². The van der Waals surface area contributed by atoms with Gasteiger partial charge in [-0.3, -0.25) is 4.79 Å². The summed E-state index contributed by atoms with van der Waals surface area (Å²) >= 11 is 0. The van der Waals surface area contributed by atoms with Crippen molar-refractivity contribution in [1.29, 1.82) is 0 Å². The first-order valence-corrected chi connectivity index (χ1v) is 2.76. The lowest BCUT2D eigenvalue weighted by atomic mass is 10.1. The van der Waals surface area contributed by atoms with E-state index in [4.69, 9.17) is 25.9 Å². The van der Waals surface area contributed by atoms with Crippen molar-refractivity contribution in [2.45, 2.75) is 6.04 Å². The van der Waals surface area contributed by atoms with Crippen LogP contribution in [-0.2, 0) is 9.45 Å². The monoisotopic (exact) mass is 166 g/mol. The minimum atomic E-state index is -3.90. The van der Waals surface area contributed by atoms with Gasteiger partial charge in [0.15, 0.2) is 0 Å². The van der Waals surface area contributed by atoms with Crippen molar-refractivity contribution in [1.82, 2.24) is 0 Å². The molecule has 0 rings (SSSR count). The van der Waals surface area contributed by atoms with E-state index in [0.717, 1.165) is 0 Å². The highest BCUT2D eigenvalue weighted by atomic mass is 16.7. The van der Waals surface area contributed by atoms with Crippen LogP contribution in [0.4, 0.5) is 0 Å². The Morgan fingerprint density at radius 1 is 1.55 bits per heavy atom. The molecule has 0 saturated heterocycles. The number of carbonyl (C=O) groups is 1. The van der Waals surface area contributed by atoms with Gasteiger partial charge >= 0.3 is 12.9 Å². The zero-order chi connectivity index (χ0) is 9.07. The third kappa shape index (κ3) is 5.76. The van der Waals surface area contributed by atoms with Gasteiger partial charge in [0.1, 0.15) is 6.04 Å². The number of hydrogen-bond acceptors (Lipinski definition) is 6. The third-order valence-electron chi connectivity index (χ3n) is 0.817.